The fourth-order valence-electron chi connectivity index (χ4n) is 3.45. The first-order valence-electron chi connectivity index (χ1n) is 10.0. The van der Waals surface area contributed by atoms with Gasteiger partial charge in [-0.05, 0) is 42.2 Å². The van der Waals surface area contributed by atoms with Crippen LogP contribution in [0.1, 0.15) is 27.9 Å². The Labute approximate surface area is 185 Å². The van der Waals surface area contributed by atoms with E-state index in [2.05, 4.69) is 20.7 Å². The highest BCUT2D eigenvalue weighted by Crippen LogP contribution is 2.30. The number of fused-ring (bicyclic) bond motifs is 1. The number of anilines is 2. The van der Waals surface area contributed by atoms with Crippen molar-refractivity contribution in [3.63, 3.8) is 0 Å². The summed E-state index contributed by atoms with van der Waals surface area (Å²) in [6.45, 7) is 1.08. The van der Waals surface area contributed by atoms with E-state index in [1.807, 2.05) is 31.6 Å². The lowest BCUT2D eigenvalue weighted by molar-refractivity contribution is -0.117. The molecule has 0 aliphatic carbocycles. The second-order valence-corrected chi connectivity index (χ2v) is 7.87. The van der Waals surface area contributed by atoms with Crippen molar-refractivity contribution < 1.29 is 9.59 Å². The minimum atomic E-state index is -0.217. The number of aromatic nitrogens is 3. The van der Waals surface area contributed by atoms with E-state index in [4.69, 9.17) is 11.6 Å². The average molecular weight is 439 g/mol. The Kier molecular flexibility index (Phi) is 6.18. The highest BCUT2D eigenvalue weighted by Gasteiger charge is 2.26. The van der Waals surface area contributed by atoms with Gasteiger partial charge in [0.2, 0.25) is 5.91 Å². The molecular weight excluding hydrogens is 416 g/mol. The first-order valence-corrected chi connectivity index (χ1v) is 10.4. The van der Waals surface area contributed by atoms with Crippen LogP contribution in [0.25, 0.3) is 0 Å². The van der Waals surface area contributed by atoms with Gasteiger partial charge < -0.3 is 15.5 Å². The van der Waals surface area contributed by atoms with Crippen molar-refractivity contribution in [2.75, 3.05) is 23.3 Å². The number of pyridine rings is 1. The summed E-state index contributed by atoms with van der Waals surface area (Å²) in [6.07, 6.45) is 6.96. The normalized spacial score (nSPS) is 13.0. The maximum Gasteiger partial charge on any atom is 0.252 e. The van der Waals surface area contributed by atoms with Crippen LogP contribution in [0, 0.1) is 0 Å². The fraction of sp³-hybridized carbons (Fsp3) is 0.273. The number of nitrogens with zero attached hydrogens (tertiary/aromatic N) is 4. The van der Waals surface area contributed by atoms with Gasteiger partial charge in [0.1, 0.15) is 0 Å². The molecule has 0 unspecified atom stereocenters. The summed E-state index contributed by atoms with van der Waals surface area (Å²) < 4.78 is 1.76. The molecule has 8 nitrogen and oxygen atoms in total. The quantitative estimate of drug-likeness (QED) is 0.553. The molecule has 0 saturated heterocycles. The zero-order valence-electron chi connectivity index (χ0n) is 17.1. The standard InChI is InChI=1S/C22H23ClN6O2/c1-28-13-16(10-27-28)3-2-8-24-22(31)17-9-19-21(25-11-17)26-12-20(30)29(19)14-15-4-6-18(23)7-5-15/h4-7,9-11,13H,2-3,8,12,14H2,1H3,(H,24,31)(H,25,26). The largest absolute Gasteiger partial charge is 0.359 e. The molecule has 2 amide bonds. The van der Waals surface area contributed by atoms with Gasteiger partial charge in [0.15, 0.2) is 5.82 Å². The summed E-state index contributed by atoms with van der Waals surface area (Å²) in [4.78, 5) is 31.2. The molecule has 4 rings (SSSR count). The maximum absolute atomic E-state index is 12.6. The molecule has 0 bridgehead atoms. The van der Waals surface area contributed by atoms with E-state index >= 15 is 0 Å². The Bertz CT molecular complexity index is 1100. The van der Waals surface area contributed by atoms with Gasteiger partial charge in [0.25, 0.3) is 5.91 Å². The van der Waals surface area contributed by atoms with Crippen molar-refractivity contribution >= 4 is 34.9 Å². The SMILES string of the molecule is Cn1cc(CCCNC(=O)c2cnc3c(c2)N(Cc2ccc(Cl)cc2)C(=O)CN3)cn1. The fourth-order valence-corrected chi connectivity index (χ4v) is 3.58. The number of halogens is 1. The molecular formula is C22H23ClN6O2. The third-order valence-corrected chi connectivity index (χ3v) is 5.32. The van der Waals surface area contributed by atoms with E-state index in [9.17, 15) is 9.59 Å². The van der Waals surface area contributed by atoms with Crippen LogP contribution < -0.4 is 15.5 Å². The van der Waals surface area contributed by atoms with Crippen LogP contribution in [0.5, 0.6) is 0 Å². The summed E-state index contributed by atoms with van der Waals surface area (Å²) in [5.41, 5.74) is 3.08. The summed E-state index contributed by atoms with van der Waals surface area (Å²) in [5, 5.41) is 10.7. The number of amides is 2. The topological polar surface area (TPSA) is 92.2 Å². The molecule has 0 fully saturated rings. The summed E-state index contributed by atoms with van der Waals surface area (Å²) >= 11 is 5.96. The summed E-state index contributed by atoms with van der Waals surface area (Å²) in [7, 11) is 1.88. The second-order valence-electron chi connectivity index (χ2n) is 7.43. The van der Waals surface area contributed by atoms with E-state index in [1.165, 1.54) is 6.20 Å². The highest BCUT2D eigenvalue weighted by atomic mass is 35.5. The molecule has 0 radical (unpaired) electrons. The van der Waals surface area contributed by atoms with E-state index in [0.717, 1.165) is 24.0 Å². The summed E-state index contributed by atoms with van der Waals surface area (Å²) in [5.74, 6) is 0.283. The van der Waals surface area contributed by atoms with Crippen LogP contribution in [0.2, 0.25) is 5.02 Å². The molecule has 31 heavy (non-hydrogen) atoms. The lowest BCUT2D eigenvalue weighted by atomic mass is 10.1. The Hall–Kier alpha value is -3.39. The number of aryl methyl sites for hydroxylation is 2. The molecule has 2 aromatic heterocycles. The van der Waals surface area contributed by atoms with Gasteiger partial charge in [0.05, 0.1) is 30.5 Å². The number of benzene rings is 1. The number of carbonyl (C=O) groups is 2. The zero-order valence-corrected chi connectivity index (χ0v) is 17.9. The van der Waals surface area contributed by atoms with E-state index in [-0.39, 0.29) is 18.4 Å². The molecule has 1 aliphatic heterocycles. The number of rotatable bonds is 7. The van der Waals surface area contributed by atoms with Crippen LogP contribution in [0.4, 0.5) is 11.5 Å². The molecule has 2 N–H and O–H groups in total. The van der Waals surface area contributed by atoms with Gasteiger partial charge in [0, 0.05) is 31.0 Å². The zero-order chi connectivity index (χ0) is 21.8. The van der Waals surface area contributed by atoms with Gasteiger partial charge in [-0.25, -0.2) is 4.98 Å². The lowest BCUT2D eigenvalue weighted by Gasteiger charge is -2.29. The van der Waals surface area contributed by atoms with Crippen LogP contribution in [-0.4, -0.2) is 39.7 Å². The smallest absolute Gasteiger partial charge is 0.252 e. The van der Waals surface area contributed by atoms with E-state index in [0.29, 0.717) is 35.2 Å². The molecule has 1 aliphatic rings. The summed E-state index contributed by atoms with van der Waals surface area (Å²) in [6, 6.07) is 9.04. The molecule has 0 spiro atoms. The van der Waals surface area contributed by atoms with Crippen LogP contribution in [0.3, 0.4) is 0 Å². The lowest BCUT2D eigenvalue weighted by Crippen LogP contribution is -2.40. The highest BCUT2D eigenvalue weighted by molar-refractivity contribution is 6.30. The van der Waals surface area contributed by atoms with Gasteiger partial charge in [-0.1, -0.05) is 23.7 Å². The predicted molar refractivity (Wildman–Crippen MR) is 119 cm³/mol. The Morgan fingerprint density at radius 2 is 2.03 bits per heavy atom. The third-order valence-electron chi connectivity index (χ3n) is 5.07. The first-order chi connectivity index (χ1) is 15.0. The third kappa shape index (κ3) is 5.03. The Morgan fingerprint density at radius 1 is 1.23 bits per heavy atom. The monoisotopic (exact) mass is 438 g/mol. The van der Waals surface area contributed by atoms with Gasteiger partial charge in [-0.3, -0.25) is 14.3 Å². The number of hydrogen-bond donors (Lipinski definition) is 2. The molecule has 3 heterocycles. The minimum Gasteiger partial charge on any atom is -0.359 e. The van der Waals surface area contributed by atoms with Crippen LogP contribution in [-0.2, 0) is 24.8 Å². The van der Waals surface area contributed by atoms with Crippen molar-refractivity contribution in [1.82, 2.24) is 20.1 Å². The van der Waals surface area contributed by atoms with Crippen molar-refractivity contribution in [2.45, 2.75) is 19.4 Å². The molecule has 1 aromatic carbocycles. The Balaban J connectivity index is 1.42. The number of hydrogen-bond acceptors (Lipinski definition) is 5. The molecule has 0 atom stereocenters. The van der Waals surface area contributed by atoms with E-state index < -0.39 is 0 Å². The maximum atomic E-state index is 12.6. The van der Waals surface area contributed by atoms with Crippen LogP contribution in [0.15, 0.2) is 48.9 Å². The second kappa shape index (κ2) is 9.18. The Morgan fingerprint density at radius 3 is 2.77 bits per heavy atom. The molecule has 9 heteroatoms. The van der Waals surface area contributed by atoms with Gasteiger partial charge in [-0.2, -0.15) is 5.10 Å². The van der Waals surface area contributed by atoms with Gasteiger partial charge >= 0.3 is 0 Å². The average Bonchev–Trinajstić information content (AvgIpc) is 3.19. The molecule has 0 saturated carbocycles. The number of carbonyl (C=O) groups excluding carboxylic acids is 2. The van der Waals surface area contributed by atoms with Crippen LogP contribution >= 0.6 is 11.6 Å². The number of nitrogens with one attached hydrogen (secondary N) is 2. The van der Waals surface area contributed by atoms with Crippen molar-refractivity contribution in [3.05, 3.63) is 70.6 Å². The van der Waals surface area contributed by atoms with Crippen molar-refractivity contribution in [1.29, 1.82) is 0 Å². The first kappa shape index (κ1) is 20.9. The predicted octanol–water partition coefficient (Wildman–Crippen LogP) is 2.79. The van der Waals surface area contributed by atoms with Gasteiger partial charge in [-0.15, -0.1) is 0 Å². The van der Waals surface area contributed by atoms with Crippen molar-refractivity contribution in [3.8, 4) is 0 Å². The molecule has 3 aromatic rings. The van der Waals surface area contributed by atoms with E-state index in [1.54, 1.807) is 27.8 Å². The van der Waals surface area contributed by atoms with Crippen molar-refractivity contribution in [2.24, 2.45) is 7.05 Å². The molecule has 160 valence electrons. The minimum absolute atomic E-state index is 0.0849.